The van der Waals surface area contributed by atoms with Crippen LogP contribution in [0.5, 0.6) is 0 Å². The summed E-state index contributed by atoms with van der Waals surface area (Å²) in [6, 6.07) is 8.27. The zero-order valence-corrected chi connectivity index (χ0v) is 8.58. The molecule has 0 spiro atoms. The van der Waals surface area contributed by atoms with Crippen molar-refractivity contribution in [2.24, 2.45) is 0 Å². The highest BCUT2D eigenvalue weighted by molar-refractivity contribution is 9.10. The highest BCUT2D eigenvalue weighted by Crippen LogP contribution is 2.21. The molecule has 0 nitrogen and oxygen atoms in total. The van der Waals surface area contributed by atoms with Gasteiger partial charge in [0.05, 0.1) is 17.7 Å². The molecule has 1 heteroatoms. The predicted octanol–water partition coefficient (Wildman–Crippen LogP) is 3.76. The molecule has 0 saturated carbocycles. The minimum absolute atomic E-state index is 1.11. The molecule has 0 amide bonds. The van der Waals surface area contributed by atoms with E-state index in [0.717, 1.165) is 4.47 Å². The summed E-state index contributed by atoms with van der Waals surface area (Å²) < 4.78 is 1.11. The Kier molecular flexibility index (Phi) is 2.40. The van der Waals surface area contributed by atoms with Gasteiger partial charge in [0.1, 0.15) is 12.2 Å². The first kappa shape index (κ1) is 8.43. The summed E-state index contributed by atoms with van der Waals surface area (Å²) in [7, 11) is 0. The van der Waals surface area contributed by atoms with Gasteiger partial charge < -0.3 is 0 Å². The van der Waals surface area contributed by atoms with E-state index in [1.165, 1.54) is 11.1 Å². The van der Waals surface area contributed by atoms with Crippen LogP contribution in [-0.2, 0) is 0 Å². The highest BCUT2D eigenvalue weighted by atomic mass is 79.9. The first-order valence-electron chi connectivity index (χ1n) is 4.08. The van der Waals surface area contributed by atoms with Crippen molar-refractivity contribution in [3.8, 4) is 0 Å². The Morgan fingerprint density at radius 1 is 1.23 bits per heavy atom. The Morgan fingerprint density at radius 2 is 2.15 bits per heavy atom. The van der Waals surface area contributed by atoms with E-state index in [-0.39, 0.29) is 0 Å². The predicted molar refractivity (Wildman–Crippen MR) is 59.1 cm³/mol. The number of allylic oxidation sites excluding steroid dienone is 6. The molecule has 0 N–H and O–H groups in total. The van der Waals surface area contributed by atoms with Crippen molar-refractivity contribution in [1.29, 1.82) is 0 Å². The molecule has 0 aliphatic heterocycles. The third kappa shape index (κ3) is 1.95. The fourth-order valence-corrected chi connectivity index (χ4v) is 1.65. The summed E-state index contributed by atoms with van der Waals surface area (Å²) in [5.41, 5.74) is 2.45. The second-order valence-corrected chi connectivity index (χ2v) is 3.71. The molecule has 1 aromatic rings. The van der Waals surface area contributed by atoms with Crippen LogP contribution in [0.2, 0.25) is 0 Å². The van der Waals surface area contributed by atoms with Crippen LogP contribution in [0.3, 0.4) is 0 Å². The molecular weight excluding hydrogens is 224 g/mol. The van der Waals surface area contributed by atoms with Crippen LogP contribution in [0.1, 0.15) is 5.56 Å². The molecule has 0 bridgehead atoms. The van der Waals surface area contributed by atoms with Crippen LogP contribution in [0.4, 0.5) is 0 Å². The lowest BCUT2D eigenvalue weighted by Crippen LogP contribution is -1.82. The summed E-state index contributed by atoms with van der Waals surface area (Å²) in [6.45, 7) is 0. The van der Waals surface area contributed by atoms with Gasteiger partial charge in [0.2, 0.25) is 0 Å². The lowest BCUT2D eigenvalue weighted by Gasteiger charge is -1.98. The molecule has 1 aromatic carbocycles. The maximum absolute atomic E-state index is 3.45. The van der Waals surface area contributed by atoms with Gasteiger partial charge in [0.25, 0.3) is 0 Å². The Labute approximate surface area is 86.4 Å². The lowest BCUT2D eigenvalue weighted by molar-refractivity contribution is 1.57. The summed E-state index contributed by atoms with van der Waals surface area (Å²) in [4.78, 5) is 0. The average molecular weight is 232 g/mol. The van der Waals surface area contributed by atoms with Gasteiger partial charge in [-0.05, 0) is 12.1 Å². The number of hydrogen-bond donors (Lipinski definition) is 0. The van der Waals surface area contributed by atoms with Crippen LogP contribution >= 0.6 is 15.9 Å². The Morgan fingerprint density at radius 3 is 2.85 bits per heavy atom. The van der Waals surface area contributed by atoms with E-state index in [4.69, 9.17) is 0 Å². The maximum atomic E-state index is 3.45. The number of rotatable bonds is 1. The molecule has 0 atom stereocenters. The monoisotopic (exact) mass is 231 g/mol. The van der Waals surface area contributed by atoms with Crippen LogP contribution in [0.15, 0.2) is 53.0 Å². The molecule has 13 heavy (non-hydrogen) atoms. The van der Waals surface area contributed by atoms with Gasteiger partial charge in [0, 0.05) is 16.1 Å². The average Bonchev–Trinajstić information content (AvgIpc) is 2.19. The lowest BCUT2D eigenvalue weighted by atomic mass is 10.0. The van der Waals surface area contributed by atoms with Crippen molar-refractivity contribution in [3.05, 3.63) is 64.7 Å². The molecular formula is C12H8Br+. The molecule has 1 aliphatic carbocycles. The second kappa shape index (κ2) is 3.69. The van der Waals surface area contributed by atoms with Gasteiger partial charge >= 0.3 is 0 Å². The molecule has 0 unspecified atom stereocenters. The van der Waals surface area contributed by atoms with Crippen molar-refractivity contribution < 1.29 is 0 Å². The number of hydrogen-bond acceptors (Lipinski definition) is 0. The van der Waals surface area contributed by atoms with Gasteiger partial charge in [-0.25, -0.2) is 0 Å². The largest absolute Gasteiger partial charge is 0.103 e. The molecule has 0 saturated heterocycles. The molecule has 62 valence electrons. The first-order valence-corrected chi connectivity index (χ1v) is 4.87. The molecule has 0 aromatic heterocycles. The van der Waals surface area contributed by atoms with Gasteiger partial charge in [0.15, 0.2) is 0 Å². The van der Waals surface area contributed by atoms with E-state index in [9.17, 15) is 0 Å². The Hall–Kier alpha value is -1.17. The van der Waals surface area contributed by atoms with Crippen LogP contribution in [-0.4, -0.2) is 0 Å². The van der Waals surface area contributed by atoms with Crippen molar-refractivity contribution in [2.45, 2.75) is 0 Å². The van der Waals surface area contributed by atoms with Crippen molar-refractivity contribution in [1.82, 2.24) is 0 Å². The van der Waals surface area contributed by atoms with Crippen LogP contribution < -0.4 is 0 Å². The number of benzene rings is 1. The fourth-order valence-electron chi connectivity index (χ4n) is 1.25. The molecule has 0 heterocycles. The van der Waals surface area contributed by atoms with Gasteiger partial charge in [-0.15, -0.1) is 0 Å². The van der Waals surface area contributed by atoms with E-state index in [2.05, 4.69) is 46.3 Å². The van der Waals surface area contributed by atoms with E-state index in [0.29, 0.717) is 0 Å². The van der Waals surface area contributed by atoms with Crippen molar-refractivity contribution in [2.75, 3.05) is 0 Å². The zero-order valence-electron chi connectivity index (χ0n) is 7.00. The summed E-state index contributed by atoms with van der Waals surface area (Å²) in [6.07, 6.45) is 11.0. The van der Waals surface area contributed by atoms with E-state index >= 15 is 0 Å². The quantitative estimate of drug-likeness (QED) is 0.646. The molecule has 1 aliphatic rings. The van der Waals surface area contributed by atoms with Crippen LogP contribution in [0, 0.1) is 6.08 Å². The zero-order chi connectivity index (χ0) is 9.10. The Balaban J connectivity index is 2.41. The van der Waals surface area contributed by atoms with Gasteiger partial charge in [-0.3, -0.25) is 0 Å². The minimum atomic E-state index is 1.11. The van der Waals surface area contributed by atoms with Crippen LogP contribution in [0.25, 0.3) is 5.57 Å². The number of halogens is 1. The van der Waals surface area contributed by atoms with Gasteiger partial charge in [-0.2, -0.15) is 0 Å². The van der Waals surface area contributed by atoms with Crippen molar-refractivity contribution in [3.63, 3.8) is 0 Å². The van der Waals surface area contributed by atoms with Gasteiger partial charge in [-0.1, -0.05) is 28.1 Å². The third-order valence-corrected chi connectivity index (χ3v) is 2.37. The maximum Gasteiger partial charge on any atom is 0.103 e. The third-order valence-electron chi connectivity index (χ3n) is 1.88. The first-order chi connectivity index (χ1) is 6.36. The fraction of sp³-hybridized carbons (Fsp3) is 0. The summed E-state index contributed by atoms with van der Waals surface area (Å²) >= 11 is 3.45. The highest BCUT2D eigenvalue weighted by Gasteiger charge is 2.05. The second-order valence-electron chi connectivity index (χ2n) is 2.80. The Bertz CT molecular complexity index is 397. The SMILES string of the molecule is Brc1cccc(C2=CC=[C+]C=C2)c1. The molecule has 0 fully saturated rings. The normalized spacial score (nSPS) is 13.8. The van der Waals surface area contributed by atoms with E-state index in [1.807, 2.05) is 24.3 Å². The van der Waals surface area contributed by atoms with Crippen molar-refractivity contribution >= 4 is 21.5 Å². The standard InChI is InChI=1S/C12H8Br/c13-12-8-4-7-11(9-12)10-5-2-1-3-6-10/h2-9H/q+1. The molecule has 0 radical (unpaired) electrons. The van der Waals surface area contributed by atoms with E-state index in [1.54, 1.807) is 0 Å². The van der Waals surface area contributed by atoms with E-state index < -0.39 is 0 Å². The molecule has 2 rings (SSSR count). The summed E-state index contributed by atoms with van der Waals surface area (Å²) in [5.74, 6) is 0. The smallest absolute Gasteiger partial charge is 0.0604 e. The topological polar surface area (TPSA) is 0 Å². The summed E-state index contributed by atoms with van der Waals surface area (Å²) in [5, 5.41) is 0. The minimum Gasteiger partial charge on any atom is -0.0604 e.